The first-order valence-electron chi connectivity index (χ1n) is 7.16. The summed E-state index contributed by atoms with van der Waals surface area (Å²) < 4.78 is 40.6. The van der Waals surface area contributed by atoms with Crippen LogP contribution in [0.5, 0.6) is 0 Å². The molecule has 0 aliphatic carbocycles. The summed E-state index contributed by atoms with van der Waals surface area (Å²) in [5.41, 5.74) is 5.27. The normalized spacial score (nSPS) is 16.8. The molecule has 0 radical (unpaired) electrons. The minimum atomic E-state index is -3.85. The maximum Gasteiger partial charge on any atom is 0.256 e. The van der Waals surface area contributed by atoms with Gasteiger partial charge in [0.25, 0.3) is 5.91 Å². The van der Waals surface area contributed by atoms with E-state index in [1.54, 1.807) is 11.8 Å². The van der Waals surface area contributed by atoms with Crippen molar-refractivity contribution in [3.8, 4) is 0 Å². The van der Waals surface area contributed by atoms with Crippen LogP contribution in [0, 0.1) is 5.82 Å². The van der Waals surface area contributed by atoms with Crippen LogP contribution >= 0.6 is 0 Å². The topological polar surface area (TPSA) is 92.5 Å². The van der Waals surface area contributed by atoms with Crippen LogP contribution in [0.1, 0.15) is 30.1 Å². The first kappa shape index (κ1) is 16.9. The summed E-state index contributed by atoms with van der Waals surface area (Å²) in [7, 11) is -3.85. The lowest BCUT2D eigenvalue weighted by Crippen LogP contribution is -2.37. The number of hydrogen-bond donors (Lipinski definition) is 2. The van der Waals surface area contributed by atoms with Gasteiger partial charge >= 0.3 is 0 Å². The molecule has 1 fully saturated rings. The monoisotopic (exact) mass is 329 g/mol. The van der Waals surface area contributed by atoms with E-state index in [0.717, 1.165) is 18.9 Å². The molecule has 1 aliphatic rings. The standard InChI is InChI=1S/C14H20FN3O3S/c1-10(9-16)17-22(20,21)11-4-5-12(13(15)8-11)14(19)18-6-2-3-7-18/h4-5,8,10,17H,2-3,6-7,9,16H2,1H3/t10-/m0/s1. The summed E-state index contributed by atoms with van der Waals surface area (Å²) in [6.07, 6.45) is 1.81. The van der Waals surface area contributed by atoms with E-state index < -0.39 is 27.8 Å². The number of halogens is 1. The number of carbonyl (C=O) groups is 1. The van der Waals surface area contributed by atoms with Crippen molar-refractivity contribution in [1.29, 1.82) is 0 Å². The molecule has 1 heterocycles. The highest BCUT2D eigenvalue weighted by Gasteiger charge is 2.24. The highest BCUT2D eigenvalue weighted by atomic mass is 32.2. The lowest BCUT2D eigenvalue weighted by atomic mass is 10.2. The van der Waals surface area contributed by atoms with E-state index in [4.69, 9.17) is 5.73 Å². The molecule has 0 unspecified atom stereocenters. The van der Waals surface area contributed by atoms with Gasteiger partial charge in [0, 0.05) is 25.7 Å². The van der Waals surface area contributed by atoms with Crippen molar-refractivity contribution >= 4 is 15.9 Å². The van der Waals surface area contributed by atoms with Crippen LogP contribution in [0.25, 0.3) is 0 Å². The summed E-state index contributed by atoms with van der Waals surface area (Å²) in [4.78, 5) is 13.5. The molecule has 6 nitrogen and oxygen atoms in total. The number of nitrogens with zero attached hydrogens (tertiary/aromatic N) is 1. The van der Waals surface area contributed by atoms with Crippen molar-refractivity contribution in [2.24, 2.45) is 5.73 Å². The minimum absolute atomic E-state index is 0.104. The van der Waals surface area contributed by atoms with Gasteiger partial charge in [0.2, 0.25) is 10.0 Å². The lowest BCUT2D eigenvalue weighted by Gasteiger charge is -2.16. The quantitative estimate of drug-likeness (QED) is 0.831. The Kier molecular flexibility index (Phi) is 5.15. The molecule has 2 rings (SSSR count). The average Bonchev–Trinajstić information content (AvgIpc) is 3.00. The number of sulfonamides is 1. The highest BCUT2D eigenvalue weighted by Crippen LogP contribution is 2.19. The zero-order valence-corrected chi connectivity index (χ0v) is 13.2. The molecule has 1 atom stereocenters. The SMILES string of the molecule is C[C@@H](CN)NS(=O)(=O)c1ccc(C(=O)N2CCCC2)c(F)c1. The van der Waals surface area contributed by atoms with Crippen LogP contribution in [0.2, 0.25) is 0 Å². The number of carbonyl (C=O) groups excluding carboxylic acids is 1. The number of nitrogens with one attached hydrogen (secondary N) is 1. The summed E-state index contributed by atoms with van der Waals surface area (Å²) in [6, 6.07) is 2.86. The molecule has 1 aromatic rings. The number of rotatable bonds is 5. The van der Waals surface area contributed by atoms with Crippen LogP contribution in [-0.4, -0.2) is 44.9 Å². The number of benzene rings is 1. The molecule has 0 saturated carbocycles. The van der Waals surface area contributed by atoms with Crippen molar-refractivity contribution in [2.75, 3.05) is 19.6 Å². The van der Waals surface area contributed by atoms with Crippen LogP contribution in [-0.2, 0) is 10.0 Å². The summed E-state index contributed by atoms with van der Waals surface area (Å²) in [5, 5.41) is 0. The maximum absolute atomic E-state index is 14.1. The number of nitrogens with two attached hydrogens (primary N) is 1. The third-order valence-corrected chi connectivity index (χ3v) is 5.17. The lowest BCUT2D eigenvalue weighted by molar-refractivity contribution is 0.0788. The fourth-order valence-electron chi connectivity index (χ4n) is 2.31. The van der Waals surface area contributed by atoms with E-state index in [9.17, 15) is 17.6 Å². The van der Waals surface area contributed by atoms with Gasteiger partial charge in [-0.2, -0.15) is 0 Å². The molecule has 122 valence electrons. The highest BCUT2D eigenvalue weighted by molar-refractivity contribution is 7.89. The van der Waals surface area contributed by atoms with Crippen molar-refractivity contribution < 1.29 is 17.6 Å². The predicted octanol–water partition coefficient (Wildman–Crippen LogP) is 0.687. The molecule has 1 aliphatic heterocycles. The van der Waals surface area contributed by atoms with E-state index in [-0.39, 0.29) is 17.0 Å². The molecule has 0 bridgehead atoms. The second kappa shape index (κ2) is 6.72. The van der Waals surface area contributed by atoms with Gasteiger partial charge in [-0.25, -0.2) is 17.5 Å². The Balaban J connectivity index is 2.24. The predicted molar refractivity (Wildman–Crippen MR) is 80.4 cm³/mol. The zero-order chi connectivity index (χ0) is 16.3. The van der Waals surface area contributed by atoms with Gasteiger partial charge in [-0.05, 0) is 38.0 Å². The van der Waals surface area contributed by atoms with Crippen molar-refractivity contribution in [3.05, 3.63) is 29.6 Å². The fraction of sp³-hybridized carbons (Fsp3) is 0.500. The molecule has 0 aromatic heterocycles. The van der Waals surface area contributed by atoms with E-state index in [1.807, 2.05) is 0 Å². The Morgan fingerprint density at radius 3 is 2.59 bits per heavy atom. The van der Waals surface area contributed by atoms with Crippen molar-refractivity contribution in [1.82, 2.24) is 9.62 Å². The zero-order valence-electron chi connectivity index (χ0n) is 12.4. The van der Waals surface area contributed by atoms with Crippen molar-refractivity contribution in [3.63, 3.8) is 0 Å². The minimum Gasteiger partial charge on any atom is -0.339 e. The van der Waals surface area contributed by atoms with E-state index in [1.165, 1.54) is 12.1 Å². The Labute approximate surface area is 129 Å². The fourth-order valence-corrected chi connectivity index (χ4v) is 3.58. The van der Waals surface area contributed by atoms with Crippen LogP contribution < -0.4 is 10.5 Å². The number of amides is 1. The molecule has 22 heavy (non-hydrogen) atoms. The molecule has 1 aromatic carbocycles. The van der Waals surface area contributed by atoms with Gasteiger partial charge in [-0.1, -0.05) is 0 Å². The number of hydrogen-bond acceptors (Lipinski definition) is 4. The van der Waals surface area contributed by atoms with Gasteiger partial charge in [-0.3, -0.25) is 4.79 Å². The molecule has 8 heteroatoms. The second-order valence-corrected chi connectivity index (χ2v) is 7.11. The Hall–Kier alpha value is -1.51. The van der Waals surface area contributed by atoms with Crippen LogP contribution in [0.3, 0.4) is 0 Å². The Morgan fingerprint density at radius 1 is 1.41 bits per heavy atom. The summed E-state index contributed by atoms with van der Waals surface area (Å²) >= 11 is 0. The molecule has 1 saturated heterocycles. The molecule has 0 spiro atoms. The van der Waals surface area contributed by atoms with Crippen LogP contribution in [0.15, 0.2) is 23.1 Å². The largest absolute Gasteiger partial charge is 0.339 e. The first-order valence-corrected chi connectivity index (χ1v) is 8.64. The average molecular weight is 329 g/mol. The molecular formula is C14H20FN3O3S. The van der Waals surface area contributed by atoms with E-state index in [0.29, 0.717) is 13.1 Å². The summed E-state index contributed by atoms with van der Waals surface area (Å²) in [5.74, 6) is -1.23. The van der Waals surface area contributed by atoms with Crippen molar-refractivity contribution in [2.45, 2.75) is 30.7 Å². The third-order valence-electron chi connectivity index (χ3n) is 3.58. The second-order valence-electron chi connectivity index (χ2n) is 5.40. The molecular weight excluding hydrogens is 309 g/mol. The third kappa shape index (κ3) is 3.63. The maximum atomic E-state index is 14.1. The van der Waals surface area contributed by atoms with Crippen LogP contribution in [0.4, 0.5) is 4.39 Å². The molecule has 3 N–H and O–H groups in total. The smallest absolute Gasteiger partial charge is 0.256 e. The summed E-state index contributed by atoms with van der Waals surface area (Å²) in [6.45, 7) is 2.95. The van der Waals surface area contributed by atoms with Gasteiger partial charge in [0.05, 0.1) is 10.5 Å². The van der Waals surface area contributed by atoms with Gasteiger partial charge in [-0.15, -0.1) is 0 Å². The van der Waals surface area contributed by atoms with E-state index in [2.05, 4.69) is 4.72 Å². The van der Waals surface area contributed by atoms with Gasteiger partial charge in [0.15, 0.2) is 0 Å². The molecule has 1 amide bonds. The van der Waals surface area contributed by atoms with Gasteiger partial charge < -0.3 is 10.6 Å². The Morgan fingerprint density at radius 2 is 2.05 bits per heavy atom. The number of likely N-dealkylation sites (tertiary alicyclic amines) is 1. The van der Waals surface area contributed by atoms with Gasteiger partial charge in [0.1, 0.15) is 5.82 Å². The Bertz CT molecular complexity index is 657. The first-order chi connectivity index (χ1) is 10.3. The van der Waals surface area contributed by atoms with E-state index >= 15 is 0 Å².